The van der Waals surface area contributed by atoms with Crippen molar-refractivity contribution in [1.82, 2.24) is 9.97 Å². The van der Waals surface area contributed by atoms with E-state index in [0.717, 1.165) is 27.6 Å². The summed E-state index contributed by atoms with van der Waals surface area (Å²) < 4.78 is 0. The van der Waals surface area contributed by atoms with E-state index in [9.17, 15) is 0 Å². The number of anilines is 1. The van der Waals surface area contributed by atoms with Crippen molar-refractivity contribution in [3.8, 4) is 0 Å². The first-order valence-electron chi connectivity index (χ1n) is 8.22. The molecule has 0 aliphatic heterocycles. The third-order valence-electron chi connectivity index (χ3n) is 4.39. The van der Waals surface area contributed by atoms with Crippen LogP contribution in [0.5, 0.6) is 0 Å². The first kappa shape index (κ1) is 15.7. The van der Waals surface area contributed by atoms with Crippen LogP contribution >= 0.6 is 11.6 Å². The molecule has 2 N–H and O–H groups in total. The summed E-state index contributed by atoms with van der Waals surface area (Å²) in [5, 5.41) is 5.52. The van der Waals surface area contributed by atoms with E-state index in [1.165, 1.54) is 10.9 Å². The first-order valence-corrected chi connectivity index (χ1v) is 8.60. The van der Waals surface area contributed by atoms with Gasteiger partial charge in [0.05, 0.1) is 6.04 Å². The van der Waals surface area contributed by atoms with Gasteiger partial charge in [-0.15, -0.1) is 0 Å². The second-order valence-electron chi connectivity index (χ2n) is 6.05. The van der Waals surface area contributed by atoms with E-state index >= 15 is 0 Å². The van der Waals surface area contributed by atoms with Gasteiger partial charge in [-0.2, -0.15) is 0 Å². The lowest BCUT2D eigenvalue weighted by Crippen LogP contribution is -2.14. The van der Waals surface area contributed by atoms with Crippen LogP contribution in [0.3, 0.4) is 0 Å². The van der Waals surface area contributed by atoms with Crippen molar-refractivity contribution in [2.45, 2.75) is 13.0 Å². The smallest absolute Gasteiger partial charge is 0.126 e. The molecule has 1 unspecified atom stereocenters. The zero-order valence-corrected chi connectivity index (χ0v) is 14.6. The molecule has 0 saturated carbocycles. The van der Waals surface area contributed by atoms with E-state index in [4.69, 9.17) is 11.6 Å². The highest BCUT2D eigenvalue weighted by atomic mass is 35.5. The van der Waals surface area contributed by atoms with Crippen LogP contribution in [0.2, 0.25) is 5.02 Å². The minimum Gasteiger partial charge on any atom is -0.359 e. The number of para-hydroxylation sites is 1. The Hall–Kier alpha value is -2.78. The summed E-state index contributed by atoms with van der Waals surface area (Å²) in [6.07, 6.45) is 1.79. The maximum absolute atomic E-state index is 6.09. The predicted molar refractivity (Wildman–Crippen MR) is 104 cm³/mol. The molecule has 0 fully saturated rings. The summed E-state index contributed by atoms with van der Waals surface area (Å²) >= 11 is 6.09. The van der Waals surface area contributed by atoms with Crippen LogP contribution in [0, 0.1) is 6.92 Å². The van der Waals surface area contributed by atoms with Crippen LogP contribution in [-0.2, 0) is 0 Å². The SMILES string of the molecule is Cc1[nH]c2ccccc2c1C(Nc1ccccn1)c1ccc(Cl)cc1. The van der Waals surface area contributed by atoms with Gasteiger partial charge in [-0.25, -0.2) is 4.98 Å². The number of hydrogen-bond donors (Lipinski definition) is 2. The number of nitrogens with one attached hydrogen (secondary N) is 2. The van der Waals surface area contributed by atoms with Gasteiger partial charge in [0, 0.05) is 33.4 Å². The monoisotopic (exact) mass is 347 g/mol. The lowest BCUT2D eigenvalue weighted by Gasteiger charge is -2.21. The number of aryl methyl sites for hydroxylation is 1. The second kappa shape index (κ2) is 6.61. The van der Waals surface area contributed by atoms with Crippen LogP contribution in [0.1, 0.15) is 22.9 Å². The molecule has 124 valence electrons. The quantitative estimate of drug-likeness (QED) is 0.495. The Kier molecular flexibility index (Phi) is 4.16. The molecule has 0 aliphatic rings. The molecule has 2 heterocycles. The minimum atomic E-state index is -0.0247. The van der Waals surface area contributed by atoms with Gasteiger partial charge in [-0.05, 0) is 42.8 Å². The van der Waals surface area contributed by atoms with E-state index < -0.39 is 0 Å². The van der Waals surface area contributed by atoms with Crippen LogP contribution in [-0.4, -0.2) is 9.97 Å². The molecule has 1 atom stereocenters. The predicted octanol–water partition coefficient (Wildman–Crippen LogP) is 5.73. The Bertz CT molecular complexity index is 991. The number of hydrogen-bond acceptors (Lipinski definition) is 2. The lowest BCUT2D eigenvalue weighted by molar-refractivity contribution is 0.921. The van der Waals surface area contributed by atoms with Crippen molar-refractivity contribution in [3.63, 3.8) is 0 Å². The standard InChI is InChI=1S/C21H18ClN3/c1-14-20(17-6-2-3-7-18(17)24-14)21(15-9-11-16(22)12-10-15)25-19-8-4-5-13-23-19/h2-13,21,24H,1H3,(H,23,25). The summed E-state index contributed by atoms with van der Waals surface area (Å²) in [6.45, 7) is 2.11. The van der Waals surface area contributed by atoms with Gasteiger partial charge in [0.15, 0.2) is 0 Å². The summed E-state index contributed by atoms with van der Waals surface area (Å²) in [4.78, 5) is 7.92. The molecule has 3 nitrogen and oxygen atoms in total. The molecule has 0 bridgehead atoms. The van der Waals surface area contributed by atoms with E-state index in [1.807, 2.05) is 36.4 Å². The Balaban J connectivity index is 1.87. The largest absolute Gasteiger partial charge is 0.359 e. The molecule has 0 amide bonds. The maximum atomic E-state index is 6.09. The Morgan fingerprint density at radius 2 is 1.72 bits per heavy atom. The lowest BCUT2D eigenvalue weighted by atomic mass is 9.96. The number of halogens is 1. The van der Waals surface area contributed by atoms with Crippen molar-refractivity contribution in [1.29, 1.82) is 0 Å². The number of aromatic amines is 1. The maximum Gasteiger partial charge on any atom is 0.126 e. The van der Waals surface area contributed by atoms with E-state index in [-0.39, 0.29) is 6.04 Å². The van der Waals surface area contributed by atoms with Gasteiger partial charge < -0.3 is 10.3 Å². The number of fused-ring (bicyclic) bond motifs is 1. The topological polar surface area (TPSA) is 40.7 Å². The summed E-state index contributed by atoms with van der Waals surface area (Å²) in [7, 11) is 0. The fraction of sp³-hybridized carbons (Fsp3) is 0.0952. The molecule has 0 radical (unpaired) electrons. The van der Waals surface area contributed by atoms with Crippen LogP contribution < -0.4 is 5.32 Å². The fourth-order valence-corrected chi connectivity index (χ4v) is 3.37. The third-order valence-corrected chi connectivity index (χ3v) is 4.64. The number of pyridine rings is 1. The molecule has 4 aromatic rings. The Labute approximate surface area is 151 Å². The highest BCUT2D eigenvalue weighted by Crippen LogP contribution is 2.34. The van der Waals surface area contributed by atoms with Gasteiger partial charge in [0.1, 0.15) is 5.82 Å². The summed E-state index contributed by atoms with van der Waals surface area (Å²) in [5.74, 6) is 0.840. The fourth-order valence-electron chi connectivity index (χ4n) is 3.24. The average Bonchev–Trinajstić information content (AvgIpc) is 2.97. The molecular formula is C21H18ClN3. The van der Waals surface area contributed by atoms with Gasteiger partial charge in [-0.1, -0.05) is 48.0 Å². The summed E-state index contributed by atoms with van der Waals surface area (Å²) in [6, 6.07) is 22.2. The van der Waals surface area contributed by atoms with Crippen molar-refractivity contribution >= 4 is 28.3 Å². The molecule has 0 spiro atoms. The van der Waals surface area contributed by atoms with Crippen molar-refractivity contribution < 1.29 is 0 Å². The zero-order chi connectivity index (χ0) is 17.2. The van der Waals surface area contributed by atoms with Crippen molar-refractivity contribution in [2.24, 2.45) is 0 Å². The highest BCUT2D eigenvalue weighted by Gasteiger charge is 2.21. The first-order chi connectivity index (χ1) is 12.2. The minimum absolute atomic E-state index is 0.0247. The Morgan fingerprint density at radius 1 is 0.960 bits per heavy atom. The third kappa shape index (κ3) is 3.11. The van der Waals surface area contributed by atoms with E-state index in [2.05, 4.69) is 52.5 Å². The van der Waals surface area contributed by atoms with Gasteiger partial charge in [0.2, 0.25) is 0 Å². The molecule has 0 saturated heterocycles. The molecule has 2 aromatic heterocycles. The number of aromatic nitrogens is 2. The second-order valence-corrected chi connectivity index (χ2v) is 6.49. The van der Waals surface area contributed by atoms with E-state index in [1.54, 1.807) is 6.20 Å². The van der Waals surface area contributed by atoms with Crippen LogP contribution in [0.25, 0.3) is 10.9 Å². The molecule has 0 aliphatic carbocycles. The number of H-pyrrole nitrogens is 1. The molecule has 4 rings (SSSR count). The number of nitrogens with zero attached hydrogens (tertiary/aromatic N) is 1. The van der Waals surface area contributed by atoms with E-state index in [0.29, 0.717) is 0 Å². The van der Waals surface area contributed by atoms with Crippen LogP contribution in [0.4, 0.5) is 5.82 Å². The van der Waals surface area contributed by atoms with Gasteiger partial charge in [-0.3, -0.25) is 0 Å². The molecular weight excluding hydrogens is 330 g/mol. The van der Waals surface area contributed by atoms with Gasteiger partial charge >= 0.3 is 0 Å². The normalized spacial score (nSPS) is 12.2. The van der Waals surface area contributed by atoms with Crippen molar-refractivity contribution in [2.75, 3.05) is 5.32 Å². The van der Waals surface area contributed by atoms with Gasteiger partial charge in [0.25, 0.3) is 0 Å². The molecule has 25 heavy (non-hydrogen) atoms. The van der Waals surface area contributed by atoms with Crippen molar-refractivity contribution in [3.05, 3.63) is 94.8 Å². The molecule has 4 heteroatoms. The number of rotatable bonds is 4. The Morgan fingerprint density at radius 3 is 2.48 bits per heavy atom. The average molecular weight is 348 g/mol. The zero-order valence-electron chi connectivity index (χ0n) is 13.8. The molecule has 2 aromatic carbocycles. The number of benzene rings is 2. The summed E-state index contributed by atoms with van der Waals surface area (Å²) in [5.41, 5.74) is 4.65. The van der Waals surface area contributed by atoms with Crippen LogP contribution in [0.15, 0.2) is 72.9 Å². The highest BCUT2D eigenvalue weighted by molar-refractivity contribution is 6.30.